The van der Waals surface area contributed by atoms with Crippen molar-refractivity contribution in [3.05, 3.63) is 51.8 Å². The van der Waals surface area contributed by atoms with Crippen molar-refractivity contribution in [2.75, 3.05) is 0 Å². The fourth-order valence-electron chi connectivity index (χ4n) is 1.83. The second-order valence-electron chi connectivity index (χ2n) is 4.19. The molecule has 5 heteroatoms. The fourth-order valence-corrected chi connectivity index (χ4v) is 1.83. The summed E-state index contributed by atoms with van der Waals surface area (Å²) in [5, 5.41) is 9.87. The van der Waals surface area contributed by atoms with Crippen molar-refractivity contribution in [3.8, 4) is 17.0 Å². The molecule has 1 aromatic heterocycles. The van der Waals surface area contributed by atoms with Gasteiger partial charge in [0.15, 0.2) is 0 Å². The van der Waals surface area contributed by atoms with Crippen LogP contribution in [-0.2, 0) is 6.42 Å². The van der Waals surface area contributed by atoms with E-state index in [0.29, 0.717) is 5.56 Å². The van der Waals surface area contributed by atoms with Crippen LogP contribution < -0.4 is 11.3 Å². The SMILES string of the molecule is CCc1ccc(-c2[nH]c(=O)c(C(N)=O)cc2O)cc1. The number of aromatic nitrogens is 1. The minimum Gasteiger partial charge on any atom is -0.506 e. The van der Waals surface area contributed by atoms with Gasteiger partial charge in [-0.2, -0.15) is 0 Å². The number of carbonyl (C=O) groups is 1. The molecule has 4 N–H and O–H groups in total. The molecule has 0 aliphatic carbocycles. The van der Waals surface area contributed by atoms with Gasteiger partial charge in [0, 0.05) is 11.6 Å². The number of benzene rings is 1. The lowest BCUT2D eigenvalue weighted by atomic mass is 10.1. The van der Waals surface area contributed by atoms with Gasteiger partial charge in [0.05, 0.1) is 5.69 Å². The molecule has 0 saturated carbocycles. The molecule has 0 radical (unpaired) electrons. The van der Waals surface area contributed by atoms with E-state index in [1.165, 1.54) is 0 Å². The van der Waals surface area contributed by atoms with E-state index >= 15 is 0 Å². The summed E-state index contributed by atoms with van der Waals surface area (Å²) in [6.07, 6.45) is 0.906. The predicted molar refractivity (Wildman–Crippen MR) is 72.1 cm³/mol. The first-order valence-electron chi connectivity index (χ1n) is 5.88. The monoisotopic (exact) mass is 258 g/mol. The first-order chi connectivity index (χ1) is 9.02. The lowest BCUT2D eigenvalue weighted by Gasteiger charge is -2.06. The van der Waals surface area contributed by atoms with Crippen molar-refractivity contribution in [2.24, 2.45) is 5.73 Å². The maximum Gasteiger partial charge on any atom is 0.261 e. The van der Waals surface area contributed by atoms with Crippen molar-refractivity contribution in [1.82, 2.24) is 4.98 Å². The van der Waals surface area contributed by atoms with Gasteiger partial charge < -0.3 is 15.8 Å². The molecule has 98 valence electrons. The number of nitrogens with one attached hydrogen (secondary N) is 1. The van der Waals surface area contributed by atoms with Crippen molar-refractivity contribution < 1.29 is 9.90 Å². The van der Waals surface area contributed by atoms with Crippen molar-refractivity contribution >= 4 is 5.91 Å². The van der Waals surface area contributed by atoms with E-state index in [9.17, 15) is 14.7 Å². The van der Waals surface area contributed by atoms with Crippen molar-refractivity contribution in [3.63, 3.8) is 0 Å². The zero-order chi connectivity index (χ0) is 14.0. The van der Waals surface area contributed by atoms with Crippen LogP contribution in [-0.4, -0.2) is 16.0 Å². The van der Waals surface area contributed by atoms with Crippen LogP contribution in [0.5, 0.6) is 5.75 Å². The number of nitrogens with two attached hydrogens (primary N) is 1. The maximum absolute atomic E-state index is 11.7. The highest BCUT2D eigenvalue weighted by atomic mass is 16.3. The van der Waals surface area contributed by atoms with E-state index in [4.69, 9.17) is 5.73 Å². The molecule has 0 bridgehead atoms. The number of amides is 1. The number of hydrogen-bond acceptors (Lipinski definition) is 3. The van der Waals surface area contributed by atoms with Gasteiger partial charge >= 0.3 is 0 Å². The Bertz CT molecular complexity index is 672. The van der Waals surface area contributed by atoms with Crippen LogP contribution in [0.15, 0.2) is 35.1 Å². The lowest BCUT2D eigenvalue weighted by molar-refractivity contribution is 0.0998. The second-order valence-corrected chi connectivity index (χ2v) is 4.19. The van der Waals surface area contributed by atoms with Crippen molar-refractivity contribution in [1.29, 1.82) is 0 Å². The van der Waals surface area contributed by atoms with E-state index in [2.05, 4.69) is 4.98 Å². The van der Waals surface area contributed by atoms with Crippen molar-refractivity contribution in [2.45, 2.75) is 13.3 Å². The molecule has 1 amide bonds. The molecule has 2 aromatic rings. The molecule has 0 saturated heterocycles. The second kappa shape index (κ2) is 4.97. The zero-order valence-corrected chi connectivity index (χ0v) is 10.4. The molecular formula is C14H14N2O3. The summed E-state index contributed by atoms with van der Waals surface area (Å²) in [7, 11) is 0. The molecule has 2 rings (SSSR count). The summed E-state index contributed by atoms with van der Waals surface area (Å²) in [4.78, 5) is 25.1. The standard InChI is InChI=1S/C14H14N2O3/c1-2-8-3-5-9(6-4-8)12-11(17)7-10(13(15)18)14(19)16-12/h3-7,17H,2H2,1H3,(H2,15,18)(H,16,19). The van der Waals surface area contributed by atoms with Crippen LogP contribution in [0.2, 0.25) is 0 Å². The van der Waals surface area contributed by atoms with Gasteiger partial charge in [-0.15, -0.1) is 0 Å². The Hall–Kier alpha value is -2.56. The Balaban J connectivity index is 2.53. The molecule has 0 atom stereocenters. The first-order valence-corrected chi connectivity index (χ1v) is 5.88. The Kier molecular flexibility index (Phi) is 3.37. The molecule has 0 aliphatic heterocycles. The van der Waals surface area contributed by atoms with Gasteiger partial charge in [0.1, 0.15) is 11.3 Å². The molecule has 1 aromatic carbocycles. The number of aromatic amines is 1. The van der Waals surface area contributed by atoms with E-state index in [1.54, 1.807) is 12.1 Å². The third-order valence-corrected chi connectivity index (χ3v) is 2.94. The minimum atomic E-state index is -0.871. The maximum atomic E-state index is 11.7. The first kappa shape index (κ1) is 12.9. The van der Waals surface area contributed by atoms with Crippen LogP contribution in [0.25, 0.3) is 11.3 Å². The van der Waals surface area contributed by atoms with E-state index in [-0.39, 0.29) is 17.0 Å². The molecule has 5 nitrogen and oxygen atoms in total. The number of carbonyl (C=O) groups excluding carboxylic acids is 1. The Labute approximate surface area is 109 Å². The normalized spacial score (nSPS) is 10.4. The number of hydrogen-bond donors (Lipinski definition) is 3. The average molecular weight is 258 g/mol. The van der Waals surface area contributed by atoms with Gasteiger partial charge in [-0.1, -0.05) is 31.2 Å². The fraction of sp³-hybridized carbons (Fsp3) is 0.143. The van der Waals surface area contributed by atoms with Gasteiger partial charge in [-0.05, 0) is 12.0 Å². The summed E-state index contributed by atoms with van der Waals surface area (Å²) in [6, 6.07) is 8.51. The summed E-state index contributed by atoms with van der Waals surface area (Å²) in [5.41, 5.74) is 6.27. The van der Waals surface area contributed by atoms with Gasteiger partial charge in [-0.3, -0.25) is 9.59 Å². The molecule has 1 heterocycles. The summed E-state index contributed by atoms with van der Waals surface area (Å²) >= 11 is 0. The quantitative estimate of drug-likeness (QED) is 0.776. The molecular weight excluding hydrogens is 244 g/mol. The minimum absolute atomic E-state index is 0.183. The number of aryl methyl sites for hydroxylation is 1. The molecule has 19 heavy (non-hydrogen) atoms. The molecule has 0 unspecified atom stereocenters. The van der Waals surface area contributed by atoms with E-state index in [1.807, 2.05) is 19.1 Å². The third-order valence-electron chi connectivity index (χ3n) is 2.94. The van der Waals surface area contributed by atoms with Gasteiger partial charge in [-0.25, -0.2) is 0 Å². The third kappa shape index (κ3) is 2.49. The molecule has 0 aliphatic rings. The van der Waals surface area contributed by atoms with Crippen LogP contribution in [0.3, 0.4) is 0 Å². The zero-order valence-electron chi connectivity index (χ0n) is 10.4. The lowest BCUT2D eigenvalue weighted by Crippen LogP contribution is -2.23. The van der Waals surface area contributed by atoms with E-state index < -0.39 is 11.5 Å². The van der Waals surface area contributed by atoms with Crippen LogP contribution >= 0.6 is 0 Å². The van der Waals surface area contributed by atoms with Crippen LogP contribution in [0.1, 0.15) is 22.8 Å². The number of aromatic hydroxyl groups is 1. The van der Waals surface area contributed by atoms with Gasteiger partial charge in [0.2, 0.25) is 0 Å². The summed E-state index contributed by atoms with van der Waals surface area (Å²) in [6.45, 7) is 2.04. The summed E-state index contributed by atoms with van der Waals surface area (Å²) < 4.78 is 0. The Morgan fingerprint density at radius 3 is 2.47 bits per heavy atom. The van der Waals surface area contributed by atoms with Crippen LogP contribution in [0.4, 0.5) is 0 Å². The highest BCUT2D eigenvalue weighted by Gasteiger charge is 2.12. The van der Waals surface area contributed by atoms with Gasteiger partial charge in [0.25, 0.3) is 11.5 Å². The highest BCUT2D eigenvalue weighted by molar-refractivity contribution is 5.93. The van der Waals surface area contributed by atoms with E-state index in [0.717, 1.165) is 18.1 Å². The molecule has 0 spiro atoms. The smallest absolute Gasteiger partial charge is 0.261 e. The number of primary amides is 1. The Morgan fingerprint density at radius 2 is 1.95 bits per heavy atom. The summed E-state index contributed by atoms with van der Waals surface area (Å²) in [5.74, 6) is -1.05. The topological polar surface area (TPSA) is 96.2 Å². The Morgan fingerprint density at radius 1 is 1.32 bits per heavy atom. The number of pyridine rings is 1. The largest absolute Gasteiger partial charge is 0.506 e. The highest BCUT2D eigenvalue weighted by Crippen LogP contribution is 2.26. The van der Waals surface area contributed by atoms with Crippen LogP contribution in [0, 0.1) is 0 Å². The average Bonchev–Trinajstić information content (AvgIpc) is 2.41. The molecule has 0 fully saturated rings. The number of rotatable bonds is 3. The predicted octanol–water partition coefficient (Wildman–Crippen LogP) is 1.41. The number of H-pyrrole nitrogens is 1.